The second kappa shape index (κ2) is 4.87. The Morgan fingerprint density at radius 3 is 2.92 bits per heavy atom. The zero-order chi connectivity index (χ0) is 9.68. The summed E-state index contributed by atoms with van der Waals surface area (Å²) in [5, 5.41) is 3.35. The summed E-state index contributed by atoms with van der Waals surface area (Å²) in [5.41, 5.74) is 6.67. The Bertz CT molecular complexity index is 217. The molecule has 0 amide bonds. The van der Waals surface area contributed by atoms with Gasteiger partial charge in [-0.1, -0.05) is 0 Å². The van der Waals surface area contributed by atoms with Crippen molar-refractivity contribution in [3.05, 3.63) is 11.5 Å². The number of methoxy groups -OCH3 is 1. The molecule has 4 heteroatoms. The molecular formula is C9H17N3O. The number of aliphatic imine (C=N–C) groups is 1. The van der Waals surface area contributed by atoms with Crippen molar-refractivity contribution in [3.8, 4) is 0 Å². The zero-order valence-electron chi connectivity index (χ0n) is 8.21. The highest BCUT2D eigenvalue weighted by Crippen LogP contribution is 2.14. The van der Waals surface area contributed by atoms with Crippen LogP contribution in [-0.2, 0) is 4.74 Å². The third kappa shape index (κ3) is 2.45. The normalized spacial score (nSPS) is 24.9. The summed E-state index contributed by atoms with van der Waals surface area (Å²) in [5.74, 6) is 0.463. The molecule has 0 saturated carbocycles. The average Bonchev–Trinajstić information content (AvgIpc) is 2.65. The number of nitrogens with zero attached hydrogens (tertiary/aromatic N) is 1. The van der Waals surface area contributed by atoms with E-state index in [-0.39, 0.29) is 0 Å². The van der Waals surface area contributed by atoms with Crippen molar-refractivity contribution in [2.24, 2.45) is 10.7 Å². The van der Waals surface area contributed by atoms with Crippen LogP contribution in [0.3, 0.4) is 0 Å². The standard InChI is InChI=1S/C9H17N3O/c1-11-6-7(9(10)13-2)8-4-3-5-12-8/h6,8,12H,3-5,10H2,1-2H3. The van der Waals surface area contributed by atoms with E-state index in [2.05, 4.69) is 10.3 Å². The largest absolute Gasteiger partial charge is 0.482 e. The molecule has 1 unspecified atom stereocenters. The molecule has 1 rings (SSSR count). The van der Waals surface area contributed by atoms with Gasteiger partial charge in [0.15, 0.2) is 5.88 Å². The van der Waals surface area contributed by atoms with Crippen molar-refractivity contribution >= 4 is 6.21 Å². The number of hydrogen-bond donors (Lipinski definition) is 2. The van der Waals surface area contributed by atoms with E-state index in [0.717, 1.165) is 18.5 Å². The smallest absolute Gasteiger partial charge is 0.190 e. The van der Waals surface area contributed by atoms with E-state index in [4.69, 9.17) is 10.5 Å². The van der Waals surface area contributed by atoms with Crippen molar-refractivity contribution in [2.75, 3.05) is 20.7 Å². The highest BCUT2D eigenvalue weighted by atomic mass is 16.5. The van der Waals surface area contributed by atoms with E-state index in [1.54, 1.807) is 20.4 Å². The molecule has 1 aliphatic rings. The van der Waals surface area contributed by atoms with Crippen LogP contribution >= 0.6 is 0 Å². The molecule has 3 N–H and O–H groups in total. The van der Waals surface area contributed by atoms with Crippen molar-refractivity contribution in [1.82, 2.24) is 5.32 Å². The topological polar surface area (TPSA) is 59.6 Å². The molecule has 0 aliphatic carbocycles. The van der Waals surface area contributed by atoms with E-state index in [1.807, 2.05) is 0 Å². The number of rotatable bonds is 3. The van der Waals surface area contributed by atoms with Gasteiger partial charge < -0.3 is 15.8 Å². The van der Waals surface area contributed by atoms with Gasteiger partial charge in [0.25, 0.3) is 0 Å². The summed E-state index contributed by atoms with van der Waals surface area (Å²) < 4.78 is 5.00. The van der Waals surface area contributed by atoms with Gasteiger partial charge in [-0.25, -0.2) is 0 Å². The second-order valence-corrected chi connectivity index (χ2v) is 3.06. The first kappa shape index (κ1) is 10.1. The highest BCUT2D eigenvalue weighted by Gasteiger charge is 2.20. The van der Waals surface area contributed by atoms with Gasteiger partial charge in [0.05, 0.1) is 7.11 Å². The van der Waals surface area contributed by atoms with Crippen LogP contribution in [0.5, 0.6) is 0 Å². The van der Waals surface area contributed by atoms with Gasteiger partial charge in [-0.15, -0.1) is 0 Å². The van der Waals surface area contributed by atoms with Crippen LogP contribution in [0.1, 0.15) is 12.8 Å². The predicted octanol–water partition coefficient (Wildman–Crippen LogP) is 0.256. The lowest BCUT2D eigenvalue weighted by Crippen LogP contribution is -2.27. The van der Waals surface area contributed by atoms with Gasteiger partial charge in [-0.2, -0.15) is 0 Å². The molecule has 0 radical (unpaired) electrons. The van der Waals surface area contributed by atoms with Crippen LogP contribution in [-0.4, -0.2) is 33.0 Å². The van der Waals surface area contributed by atoms with E-state index in [0.29, 0.717) is 11.9 Å². The van der Waals surface area contributed by atoms with Gasteiger partial charge in [0.2, 0.25) is 0 Å². The monoisotopic (exact) mass is 183 g/mol. The minimum atomic E-state index is 0.309. The second-order valence-electron chi connectivity index (χ2n) is 3.06. The molecule has 1 saturated heterocycles. The van der Waals surface area contributed by atoms with Gasteiger partial charge in [-0.05, 0) is 19.4 Å². The summed E-state index contributed by atoms with van der Waals surface area (Å²) in [6, 6.07) is 0.309. The first-order chi connectivity index (χ1) is 6.29. The summed E-state index contributed by atoms with van der Waals surface area (Å²) in [4.78, 5) is 3.97. The van der Waals surface area contributed by atoms with Gasteiger partial charge in [0.1, 0.15) is 0 Å². The molecule has 0 aromatic rings. The first-order valence-electron chi connectivity index (χ1n) is 4.48. The number of nitrogens with two attached hydrogens (primary N) is 1. The number of hydrogen-bond acceptors (Lipinski definition) is 4. The maximum absolute atomic E-state index is 5.71. The Balaban J connectivity index is 2.77. The van der Waals surface area contributed by atoms with Crippen molar-refractivity contribution < 1.29 is 4.74 Å². The lowest BCUT2D eigenvalue weighted by Gasteiger charge is -2.13. The maximum atomic E-state index is 5.71. The molecule has 0 aromatic heterocycles. The molecule has 0 bridgehead atoms. The van der Waals surface area contributed by atoms with E-state index in [9.17, 15) is 0 Å². The zero-order valence-corrected chi connectivity index (χ0v) is 8.21. The van der Waals surface area contributed by atoms with E-state index in [1.165, 1.54) is 6.42 Å². The highest BCUT2D eigenvalue weighted by molar-refractivity contribution is 5.80. The van der Waals surface area contributed by atoms with Gasteiger partial charge >= 0.3 is 0 Å². The Labute approximate surface area is 78.9 Å². The molecular weight excluding hydrogens is 166 g/mol. The third-order valence-corrected chi connectivity index (χ3v) is 2.21. The quantitative estimate of drug-likeness (QED) is 0.487. The fourth-order valence-corrected chi connectivity index (χ4v) is 1.53. The van der Waals surface area contributed by atoms with Crippen LogP contribution in [0, 0.1) is 0 Å². The van der Waals surface area contributed by atoms with Crippen molar-refractivity contribution in [1.29, 1.82) is 0 Å². The molecule has 0 aromatic carbocycles. The average molecular weight is 183 g/mol. The van der Waals surface area contributed by atoms with E-state index < -0.39 is 0 Å². The van der Waals surface area contributed by atoms with Crippen LogP contribution < -0.4 is 11.1 Å². The molecule has 1 fully saturated rings. The summed E-state index contributed by atoms with van der Waals surface area (Å²) in [6.45, 7) is 1.04. The molecule has 13 heavy (non-hydrogen) atoms. The molecule has 4 nitrogen and oxygen atoms in total. The fourth-order valence-electron chi connectivity index (χ4n) is 1.53. The number of nitrogens with one attached hydrogen (secondary N) is 1. The third-order valence-electron chi connectivity index (χ3n) is 2.21. The minimum Gasteiger partial charge on any atom is -0.482 e. The van der Waals surface area contributed by atoms with Crippen molar-refractivity contribution in [3.63, 3.8) is 0 Å². The molecule has 0 spiro atoms. The Morgan fingerprint density at radius 1 is 1.69 bits per heavy atom. The SMILES string of the molecule is CN=CC(=C(N)OC)C1CCCN1. The number of ether oxygens (including phenoxy) is 1. The Morgan fingerprint density at radius 2 is 2.46 bits per heavy atom. The Hall–Kier alpha value is -1.03. The molecule has 1 atom stereocenters. The maximum Gasteiger partial charge on any atom is 0.190 e. The van der Waals surface area contributed by atoms with Crippen LogP contribution in [0.4, 0.5) is 0 Å². The molecule has 1 heterocycles. The Kier molecular flexibility index (Phi) is 3.76. The van der Waals surface area contributed by atoms with Crippen LogP contribution in [0.2, 0.25) is 0 Å². The molecule has 74 valence electrons. The van der Waals surface area contributed by atoms with Crippen LogP contribution in [0.15, 0.2) is 16.4 Å². The first-order valence-corrected chi connectivity index (χ1v) is 4.48. The van der Waals surface area contributed by atoms with E-state index >= 15 is 0 Å². The molecule has 1 aliphatic heterocycles. The van der Waals surface area contributed by atoms with Gasteiger partial charge in [-0.3, -0.25) is 4.99 Å². The van der Waals surface area contributed by atoms with Crippen LogP contribution in [0.25, 0.3) is 0 Å². The minimum absolute atomic E-state index is 0.309. The fraction of sp³-hybridized carbons (Fsp3) is 0.667. The lowest BCUT2D eigenvalue weighted by molar-refractivity contribution is 0.282. The van der Waals surface area contributed by atoms with Gasteiger partial charge in [0, 0.05) is 24.9 Å². The predicted molar refractivity (Wildman–Crippen MR) is 53.7 cm³/mol. The summed E-state index contributed by atoms with van der Waals surface area (Å²) in [6.07, 6.45) is 4.05. The lowest BCUT2D eigenvalue weighted by atomic mass is 10.1. The summed E-state index contributed by atoms with van der Waals surface area (Å²) in [7, 11) is 3.31. The summed E-state index contributed by atoms with van der Waals surface area (Å²) >= 11 is 0. The van der Waals surface area contributed by atoms with Crippen molar-refractivity contribution in [2.45, 2.75) is 18.9 Å².